The van der Waals surface area contributed by atoms with Crippen molar-refractivity contribution in [3.63, 3.8) is 0 Å². The van der Waals surface area contributed by atoms with Gasteiger partial charge >= 0.3 is 0 Å². The van der Waals surface area contributed by atoms with Crippen LogP contribution in [0.4, 0.5) is 20.3 Å². The number of aromatic nitrogens is 4. The van der Waals surface area contributed by atoms with E-state index in [1.807, 2.05) is 0 Å². The smallest absolute Gasteiger partial charge is 0.272 e. The van der Waals surface area contributed by atoms with E-state index in [-0.39, 0.29) is 22.3 Å². The van der Waals surface area contributed by atoms with Gasteiger partial charge in [0.25, 0.3) is 6.43 Å². The number of imidazole rings is 1. The summed E-state index contributed by atoms with van der Waals surface area (Å²) in [5.41, 5.74) is 6.74. The van der Waals surface area contributed by atoms with Crippen LogP contribution >= 0.6 is 11.6 Å². The molecule has 142 valence electrons. The number of hydrogen-bond donors (Lipinski definition) is 2. The first kappa shape index (κ1) is 18.8. The molecule has 27 heavy (non-hydrogen) atoms. The highest BCUT2D eigenvalue weighted by Crippen LogP contribution is 2.29. The van der Waals surface area contributed by atoms with Crippen molar-refractivity contribution in [3.8, 4) is 5.75 Å². The molecule has 3 rings (SSSR count). The van der Waals surface area contributed by atoms with E-state index < -0.39 is 25.0 Å². The number of carbonyl (C=O) groups is 1. The summed E-state index contributed by atoms with van der Waals surface area (Å²) in [6.07, 6.45) is 0.0420. The largest absolute Gasteiger partial charge is 0.485 e. The molecule has 1 aromatic carbocycles. The Hall–Kier alpha value is -3.01. The topological polar surface area (TPSA) is 108 Å². The fourth-order valence-electron chi connectivity index (χ4n) is 2.39. The van der Waals surface area contributed by atoms with Crippen LogP contribution in [-0.4, -0.2) is 38.5 Å². The summed E-state index contributed by atoms with van der Waals surface area (Å²) in [5, 5.41) is 2.93. The molecule has 0 aliphatic carbocycles. The Bertz CT molecular complexity index is 981. The van der Waals surface area contributed by atoms with Crippen molar-refractivity contribution in [2.45, 2.75) is 19.4 Å². The number of nitrogens with zero attached hydrogens (tertiary/aromatic N) is 4. The van der Waals surface area contributed by atoms with Gasteiger partial charge < -0.3 is 20.4 Å². The van der Waals surface area contributed by atoms with E-state index in [9.17, 15) is 13.6 Å². The molecule has 3 N–H and O–H groups in total. The van der Waals surface area contributed by atoms with Gasteiger partial charge in [-0.1, -0.05) is 11.6 Å². The molecule has 0 fully saturated rings. The normalized spacial score (nSPS) is 12.3. The number of nitrogens with one attached hydrogen (secondary N) is 1. The molecule has 1 amide bonds. The van der Waals surface area contributed by atoms with Gasteiger partial charge in [0.1, 0.15) is 30.2 Å². The highest BCUT2D eigenvalue weighted by atomic mass is 35.5. The molecule has 1 unspecified atom stereocenters. The molecule has 0 saturated carbocycles. The van der Waals surface area contributed by atoms with E-state index in [0.717, 1.165) is 0 Å². The third-order valence-corrected chi connectivity index (χ3v) is 3.99. The maximum absolute atomic E-state index is 12.6. The van der Waals surface area contributed by atoms with E-state index >= 15 is 0 Å². The van der Waals surface area contributed by atoms with Gasteiger partial charge in [0.15, 0.2) is 11.5 Å². The van der Waals surface area contributed by atoms with E-state index in [4.69, 9.17) is 22.1 Å². The second kappa shape index (κ2) is 7.70. The fourth-order valence-corrected chi connectivity index (χ4v) is 2.55. The van der Waals surface area contributed by atoms with Crippen molar-refractivity contribution in [3.05, 3.63) is 35.9 Å². The molecule has 1 atom stereocenters. The number of fused-ring (bicyclic) bond motifs is 1. The first-order valence-electron chi connectivity index (χ1n) is 7.81. The Morgan fingerprint density at radius 3 is 2.89 bits per heavy atom. The Morgan fingerprint density at radius 1 is 1.37 bits per heavy atom. The molecule has 0 spiro atoms. The molecule has 3 aromatic rings. The van der Waals surface area contributed by atoms with Crippen LogP contribution in [0.2, 0.25) is 5.02 Å². The number of rotatable bonds is 6. The van der Waals surface area contributed by atoms with Crippen LogP contribution in [0.25, 0.3) is 11.2 Å². The number of alkyl halides is 2. The summed E-state index contributed by atoms with van der Waals surface area (Å²) in [6, 6.07) is 3.62. The third-order valence-electron chi connectivity index (χ3n) is 3.75. The fraction of sp³-hybridized carbons (Fsp3) is 0.250. The summed E-state index contributed by atoms with van der Waals surface area (Å²) in [6.45, 7) is 0.811. The standard InChI is InChI=1S/C16H15ClF2N6O2/c1-8(25-7-23-13-14(20)21-6-22-15(13)25)16(26)24-10-3-2-9(17)4-11(10)27-5-12(18)19/h2-4,6-8,12H,5H2,1H3,(H,24,26)(H2,20,21,22). The quantitative estimate of drug-likeness (QED) is 0.663. The van der Waals surface area contributed by atoms with Gasteiger partial charge in [0.2, 0.25) is 5.91 Å². The van der Waals surface area contributed by atoms with Crippen LogP contribution in [0.15, 0.2) is 30.9 Å². The minimum Gasteiger partial charge on any atom is -0.485 e. The lowest BCUT2D eigenvalue weighted by molar-refractivity contribution is -0.118. The predicted molar refractivity (Wildman–Crippen MR) is 96.0 cm³/mol. The lowest BCUT2D eigenvalue weighted by atomic mass is 10.2. The number of nitrogens with two attached hydrogens (primary N) is 1. The van der Waals surface area contributed by atoms with Crippen LogP contribution in [0, 0.1) is 0 Å². The molecule has 0 bridgehead atoms. The van der Waals surface area contributed by atoms with Gasteiger partial charge in [-0.3, -0.25) is 4.79 Å². The average Bonchev–Trinajstić information content (AvgIpc) is 3.06. The van der Waals surface area contributed by atoms with Crippen molar-refractivity contribution in [1.82, 2.24) is 19.5 Å². The predicted octanol–water partition coefficient (Wildman–Crippen LogP) is 2.91. The van der Waals surface area contributed by atoms with Crippen molar-refractivity contribution in [2.75, 3.05) is 17.7 Å². The Kier molecular flexibility index (Phi) is 5.36. The second-order valence-electron chi connectivity index (χ2n) is 5.59. The minimum atomic E-state index is -2.66. The van der Waals surface area contributed by atoms with Crippen molar-refractivity contribution in [1.29, 1.82) is 0 Å². The SMILES string of the molecule is CC(C(=O)Nc1ccc(Cl)cc1OCC(F)F)n1cnc2c(N)ncnc21. The maximum Gasteiger partial charge on any atom is 0.272 e. The molecule has 0 aliphatic heterocycles. The van der Waals surface area contributed by atoms with Crippen LogP contribution in [0.5, 0.6) is 5.75 Å². The first-order chi connectivity index (χ1) is 12.9. The van der Waals surface area contributed by atoms with Gasteiger partial charge in [0, 0.05) is 11.1 Å². The van der Waals surface area contributed by atoms with Crippen molar-refractivity contribution in [2.24, 2.45) is 0 Å². The van der Waals surface area contributed by atoms with E-state index in [1.54, 1.807) is 6.92 Å². The Labute approximate surface area is 157 Å². The second-order valence-corrected chi connectivity index (χ2v) is 6.03. The zero-order valence-corrected chi connectivity index (χ0v) is 14.8. The summed E-state index contributed by atoms with van der Waals surface area (Å²) in [5.74, 6) is -0.187. The van der Waals surface area contributed by atoms with Crippen LogP contribution in [0.3, 0.4) is 0 Å². The molecule has 2 aromatic heterocycles. The third kappa shape index (κ3) is 4.05. The van der Waals surface area contributed by atoms with Gasteiger partial charge in [0.05, 0.1) is 12.0 Å². The molecule has 2 heterocycles. The number of ether oxygens (including phenoxy) is 1. The number of anilines is 2. The van der Waals surface area contributed by atoms with Crippen LogP contribution in [0.1, 0.15) is 13.0 Å². The first-order valence-corrected chi connectivity index (χ1v) is 8.19. The maximum atomic E-state index is 12.6. The van der Waals surface area contributed by atoms with Crippen LogP contribution in [-0.2, 0) is 4.79 Å². The van der Waals surface area contributed by atoms with Gasteiger partial charge in [-0.15, -0.1) is 0 Å². The molecule has 11 heteroatoms. The lowest BCUT2D eigenvalue weighted by Gasteiger charge is -2.17. The number of benzene rings is 1. The molecule has 8 nitrogen and oxygen atoms in total. The average molecular weight is 397 g/mol. The summed E-state index contributed by atoms with van der Waals surface area (Å²) < 4.78 is 31.4. The molecule has 0 aliphatic rings. The van der Waals surface area contributed by atoms with Crippen molar-refractivity contribution >= 4 is 40.2 Å². The molecular weight excluding hydrogens is 382 g/mol. The van der Waals surface area contributed by atoms with Gasteiger partial charge in [-0.05, 0) is 19.1 Å². The number of nitrogen functional groups attached to an aromatic ring is 1. The van der Waals surface area contributed by atoms with E-state index in [2.05, 4.69) is 20.3 Å². The number of carbonyl (C=O) groups excluding carboxylic acids is 1. The van der Waals surface area contributed by atoms with Crippen molar-refractivity contribution < 1.29 is 18.3 Å². The minimum absolute atomic E-state index is 0.0467. The summed E-state index contributed by atoms with van der Waals surface area (Å²) in [7, 11) is 0. The number of halogens is 3. The molecular formula is C16H15ClF2N6O2. The molecule has 0 saturated heterocycles. The highest BCUT2D eigenvalue weighted by Gasteiger charge is 2.21. The van der Waals surface area contributed by atoms with Gasteiger partial charge in [-0.25, -0.2) is 23.7 Å². The summed E-state index contributed by atoms with van der Waals surface area (Å²) >= 11 is 5.87. The zero-order valence-electron chi connectivity index (χ0n) is 14.1. The lowest BCUT2D eigenvalue weighted by Crippen LogP contribution is -2.24. The van der Waals surface area contributed by atoms with Gasteiger partial charge in [-0.2, -0.15) is 0 Å². The Balaban J connectivity index is 1.83. The Morgan fingerprint density at radius 2 is 2.15 bits per heavy atom. The van der Waals surface area contributed by atoms with E-state index in [1.165, 1.54) is 35.4 Å². The summed E-state index contributed by atoms with van der Waals surface area (Å²) in [4.78, 5) is 24.7. The number of hydrogen-bond acceptors (Lipinski definition) is 6. The van der Waals surface area contributed by atoms with E-state index in [0.29, 0.717) is 11.2 Å². The highest BCUT2D eigenvalue weighted by molar-refractivity contribution is 6.30. The molecule has 0 radical (unpaired) electrons. The van der Waals surface area contributed by atoms with Crippen LogP contribution < -0.4 is 15.8 Å². The monoisotopic (exact) mass is 396 g/mol. The zero-order chi connectivity index (χ0) is 19.6. The number of amides is 1.